The highest BCUT2D eigenvalue weighted by molar-refractivity contribution is 7.17. The van der Waals surface area contributed by atoms with E-state index < -0.39 is 5.91 Å². The number of hydrogen-bond acceptors (Lipinski definition) is 6. The van der Waals surface area contributed by atoms with Gasteiger partial charge in [0, 0.05) is 34.0 Å². The molecule has 0 spiro atoms. The molecule has 0 saturated heterocycles. The zero-order valence-corrected chi connectivity index (χ0v) is 20.3. The van der Waals surface area contributed by atoms with Crippen LogP contribution in [-0.4, -0.2) is 29.2 Å². The fourth-order valence-corrected chi connectivity index (χ4v) is 5.73. The number of carbonyl (C=O) groups excluding carboxylic acids is 3. The van der Waals surface area contributed by atoms with Gasteiger partial charge in [-0.1, -0.05) is 29.8 Å². The fourth-order valence-electron chi connectivity index (χ4n) is 4.32. The maximum Gasteiger partial charge on any atom is 0.254 e. The molecule has 10 heteroatoms. The number of anilines is 1. The van der Waals surface area contributed by atoms with E-state index in [1.165, 1.54) is 11.3 Å². The molecule has 0 unspecified atom stereocenters. The number of thiophene rings is 1. The Morgan fingerprint density at radius 2 is 1.94 bits per heavy atom. The van der Waals surface area contributed by atoms with E-state index in [4.69, 9.17) is 17.3 Å². The minimum atomic E-state index is -0.584. The van der Waals surface area contributed by atoms with Gasteiger partial charge in [-0.05, 0) is 48.2 Å². The maximum atomic E-state index is 13.1. The summed E-state index contributed by atoms with van der Waals surface area (Å²) < 4.78 is 0. The second-order valence-electron chi connectivity index (χ2n) is 8.47. The Bertz CT molecular complexity index is 1370. The van der Waals surface area contributed by atoms with Crippen molar-refractivity contribution in [3.8, 4) is 0 Å². The van der Waals surface area contributed by atoms with Gasteiger partial charge in [-0.25, -0.2) is 0 Å². The first kappa shape index (κ1) is 23.2. The molecule has 35 heavy (non-hydrogen) atoms. The summed E-state index contributed by atoms with van der Waals surface area (Å²) in [7, 11) is 0. The summed E-state index contributed by atoms with van der Waals surface area (Å²) in [5.74, 6) is -0.899. The van der Waals surface area contributed by atoms with Crippen LogP contribution in [0.15, 0.2) is 52.7 Å². The summed E-state index contributed by atoms with van der Waals surface area (Å²) in [4.78, 5) is 40.6. The first-order valence-electron chi connectivity index (χ1n) is 11.2. The van der Waals surface area contributed by atoms with Crippen LogP contribution in [0.5, 0.6) is 0 Å². The SMILES string of the molecule is NC(=O)c1c(NC(=O)CCc2ccc(Cl)cc2)sc2c1CCN(C(=O)c1ccc3c(c1)N=NC3)C2. The average Bonchev–Trinajstić information content (AvgIpc) is 3.46. The normalized spacial score (nSPS) is 13.9. The highest BCUT2D eigenvalue weighted by Gasteiger charge is 2.30. The van der Waals surface area contributed by atoms with Gasteiger partial charge in [-0.15, -0.1) is 11.3 Å². The van der Waals surface area contributed by atoms with Crippen LogP contribution in [0.1, 0.15) is 48.7 Å². The minimum Gasteiger partial charge on any atom is -0.365 e. The lowest BCUT2D eigenvalue weighted by Gasteiger charge is -2.27. The summed E-state index contributed by atoms with van der Waals surface area (Å²) in [5.41, 5.74) is 10.1. The second kappa shape index (κ2) is 9.59. The number of azo groups is 1. The smallest absolute Gasteiger partial charge is 0.254 e. The molecule has 178 valence electrons. The lowest BCUT2D eigenvalue weighted by Crippen LogP contribution is -2.35. The molecule has 1 aromatic heterocycles. The van der Waals surface area contributed by atoms with Gasteiger partial charge in [-0.3, -0.25) is 14.4 Å². The number of fused-ring (bicyclic) bond motifs is 2. The third-order valence-corrected chi connectivity index (χ3v) is 7.53. The minimum absolute atomic E-state index is 0.108. The molecule has 5 rings (SSSR count). The number of benzene rings is 2. The molecule has 2 aromatic carbocycles. The zero-order valence-electron chi connectivity index (χ0n) is 18.7. The Hall–Kier alpha value is -3.56. The van der Waals surface area contributed by atoms with E-state index >= 15 is 0 Å². The van der Waals surface area contributed by atoms with Gasteiger partial charge >= 0.3 is 0 Å². The molecular formula is C25H22ClN5O3S. The first-order valence-corrected chi connectivity index (χ1v) is 12.4. The number of halogens is 1. The number of nitrogens with zero attached hydrogens (tertiary/aromatic N) is 3. The lowest BCUT2D eigenvalue weighted by atomic mass is 10.0. The Labute approximate surface area is 210 Å². The van der Waals surface area contributed by atoms with Crippen LogP contribution >= 0.6 is 22.9 Å². The highest BCUT2D eigenvalue weighted by Crippen LogP contribution is 2.38. The van der Waals surface area contributed by atoms with E-state index in [9.17, 15) is 14.4 Å². The van der Waals surface area contributed by atoms with E-state index in [2.05, 4.69) is 15.5 Å². The van der Waals surface area contributed by atoms with E-state index in [0.717, 1.165) is 27.3 Å². The van der Waals surface area contributed by atoms with E-state index in [-0.39, 0.29) is 18.2 Å². The maximum absolute atomic E-state index is 13.1. The van der Waals surface area contributed by atoms with Crippen LogP contribution in [0.3, 0.4) is 0 Å². The standard InChI is InChI=1S/C25H22ClN5O3S/c26-17-6-1-14(2-7-17)3-8-21(32)29-24-22(23(27)33)18-9-10-31(13-20(18)35-24)25(34)15-4-5-16-12-28-30-19(16)11-15/h1-2,4-7,11H,3,8-10,12-13H2,(H2,27,33)(H,29,32). The van der Waals surface area contributed by atoms with E-state index in [1.807, 2.05) is 18.2 Å². The van der Waals surface area contributed by atoms with Crippen molar-refractivity contribution in [2.45, 2.75) is 32.4 Å². The van der Waals surface area contributed by atoms with Crippen molar-refractivity contribution in [1.82, 2.24) is 4.90 Å². The lowest BCUT2D eigenvalue weighted by molar-refractivity contribution is -0.116. The van der Waals surface area contributed by atoms with Crippen molar-refractivity contribution < 1.29 is 14.4 Å². The number of nitrogens with two attached hydrogens (primary N) is 1. The topological polar surface area (TPSA) is 117 Å². The third kappa shape index (κ3) is 4.82. The summed E-state index contributed by atoms with van der Waals surface area (Å²) >= 11 is 7.21. The summed E-state index contributed by atoms with van der Waals surface area (Å²) in [6, 6.07) is 12.8. The van der Waals surface area contributed by atoms with Crippen LogP contribution in [0.25, 0.3) is 0 Å². The Kier molecular flexibility index (Phi) is 6.36. The molecule has 0 radical (unpaired) electrons. The number of amides is 3. The van der Waals surface area contributed by atoms with Gasteiger partial charge in [0.1, 0.15) is 5.00 Å². The monoisotopic (exact) mass is 507 g/mol. The van der Waals surface area contributed by atoms with Crippen molar-refractivity contribution in [3.05, 3.63) is 80.2 Å². The number of carbonyl (C=O) groups is 3. The van der Waals surface area contributed by atoms with E-state index in [1.54, 1.807) is 29.2 Å². The van der Waals surface area contributed by atoms with Gasteiger partial charge in [0.05, 0.1) is 24.3 Å². The largest absolute Gasteiger partial charge is 0.365 e. The Balaban J connectivity index is 1.30. The molecule has 3 heterocycles. The Morgan fingerprint density at radius 3 is 2.71 bits per heavy atom. The van der Waals surface area contributed by atoms with Crippen molar-refractivity contribution in [2.24, 2.45) is 16.0 Å². The quantitative estimate of drug-likeness (QED) is 0.495. The number of aryl methyl sites for hydroxylation is 1. The van der Waals surface area contributed by atoms with Crippen LogP contribution in [0.4, 0.5) is 10.7 Å². The number of hydrogen-bond donors (Lipinski definition) is 2. The molecule has 2 aliphatic rings. The van der Waals surface area contributed by atoms with Crippen LogP contribution < -0.4 is 11.1 Å². The third-order valence-electron chi connectivity index (χ3n) is 6.15. The summed E-state index contributed by atoms with van der Waals surface area (Å²) in [5, 5.41) is 12.0. The molecule has 2 aliphatic heterocycles. The van der Waals surface area contributed by atoms with Crippen LogP contribution in [-0.2, 0) is 30.7 Å². The van der Waals surface area contributed by atoms with Gasteiger partial charge in [0.2, 0.25) is 5.91 Å². The molecule has 3 aromatic rings. The van der Waals surface area contributed by atoms with Gasteiger partial charge in [0.25, 0.3) is 11.8 Å². The molecule has 0 fully saturated rings. The molecular weight excluding hydrogens is 486 g/mol. The van der Waals surface area contributed by atoms with Crippen molar-refractivity contribution in [1.29, 1.82) is 0 Å². The molecule has 0 aliphatic carbocycles. The van der Waals surface area contributed by atoms with Gasteiger partial charge in [0.15, 0.2) is 0 Å². The average molecular weight is 508 g/mol. The summed E-state index contributed by atoms with van der Waals surface area (Å²) in [6.07, 6.45) is 1.28. The number of primary amides is 1. The molecule has 0 bridgehead atoms. The highest BCUT2D eigenvalue weighted by atomic mass is 35.5. The zero-order chi connectivity index (χ0) is 24.5. The molecule has 8 nitrogen and oxygen atoms in total. The summed E-state index contributed by atoms with van der Waals surface area (Å²) in [6.45, 7) is 1.33. The fraction of sp³-hybridized carbons (Fsp3) is 0.240. The predicted octanol–water partition coefficient (Wildman–Crippen LogP) is 4.87. The van der Waals surface area contributed by atoms with Crippen LogP contribution in [0.2, 0.25) is 5.02 Å². The van der Waals surface area contributed by atoms with Crippen molar-refractivity contribution in [2.75, 3.05) is 11.9 Å². The molecule has 3 amide bonds. The van der Waals surface area contributed by atoms with Crippen LogP contribution in [0, 0.1) is 0 Å². The first-order chi connectivity index (χ1) is 16.9. The number of nitrogens with one attached hydrogen (secondary N) is 1. The van der Waals surface area contributed by atoms with Crippen molar-refractivity contribution in [3.63, 3.8) is 0 Å². The van der Waals surface area contributed by atoms with E-state index in [0.29, 0.717) is 53.6 Å². The Morgan fingerprint density at radius 1 is 1.14 bits per heavy atom. The van der Waals surface area contributed by atoms with Gasteiger partial charge in [-0.2, -0.15) is 10.2 Å². The van der Waals surface area contributed by atoms with Gasteiger partial charge < -0.3 is 16.0 Å². The molecule has 3 N–H and O–H groups in total. The second-order valence-corrected chi connectivity index (χ2v) is 10.0. The predicted molar refractivity (Wildman–Crippen MR) is 134 cm³/mol. The molecule has 0 saturated carbocycles. The van der Waals surface area contributed by atoms with Crippen molar-refractivity contribution >= 4 is 51.3 Å². The molecule has 0 atom stereocenters. The number of rotatable bonds is 6.